The van der Waals surface area contributed by atoms with Crippen molar-refractivity contribution in [2.45, 2.75) is 13.0 Å². The molecule has 0 aliphatic carbocycles. The Balaban J connectivity index is 1.57. The second-order valence-corrected chi connectivity index (χ2v) is 4.47. The van der Waals surface area contributed by atoms with Crippen LogP contribution in [0.3, 0.4) is 0 Å². The summed E-state index contributed by atoms with van der Waals surface area (Å²) in [5.41, 5.74) is 2.28. The molecule has 0 radical (unpaired) electrons. The summed E-state index contributed by atoms with van der Waals surface area (Å²) in [5, 5.41) is 3.31. The van der Waals surface area contributed by atoms with Gasteiger partial charge >= 0.3 is 0 Å². The lowest BCUT2D eigenvalue weighted by Crippen LogP contribution is -2.55. The molecule has 1 aliphatic rings. The summed E-state index contributed by atoms with van der Waals surface area (Å²) in [6.07, 6.45) is 5.35. The number of nitrogens with one attached hydrogen (secondary N) is 1. The fraction of sp³-hybridized carbons (Fsp3) is 0.308. The lowest BCUT2D eigenvalue weighted by molar-refractivity contribution is 0.546. The van der Waals surface area contributed by atoms with Crippen LogP contribution in [-0.4, -0.2) is 34.1 Å². The summed E-state index contributed by atoms with van der Waals surface area (Å²) < 4.78 is 0. The molecule has 2 aromatic rings. The van der Waals surface area contributed by atoms with Crippen molar-refractivity contribution in [3.05, 3.63) is 42.5 Å². The fourth-order valence-corrected chi connectivity index (χ4v) is 2.06. The van der Waals surface area contributed by atoms with Crippen LogP contribution in [0.2, 0.25) is 0 Å². The van der Waals surface area contributed by atoms with E-state index < -0.39 is 0 Å². The summed E-state index contributed by atoms with van der Waals surface area (Å²) in [4.78, 5) is 14.8. The molecule has 0 amide bonds. The smallest absolute Gasteiger partial charge is 0.222 e. The van der Waals surface area contributed by atoms with Gasteiger partial charge in [0.2, 0.25) is 5.95 Å². The molecular weight excluding hydrogens is 226 g/mol. The minimum Gasteiger partial charge on any atom is -0.367 e. The van der Waals surface area contributed by atoms with Gasteiger partial charge in [0.15, 0.2) is 0 Å². The second kappa shape index (κ2) is 4.60. The molecule has 1 N–H and O–H groups in total. The highest BCUT2D eigenvalue weighted by atomic mass is 15.3. The Labute approximate surface area is 106 Å². The van der Waals surface area contributed by atoms with Gasteiger partial charge in [-0.15, -0.1) is 0 Å². The largest absolute Gasteiger partial charge is 0.367 e. The van der Waals surface area contributed by atoms with Gasteiger partial charge in [-0.3, -0.25) is 4.98 Å². The first-order valence-corrected chi connectivity index (χ1v) is 6.02. The number of aromatic nitrogens is 3. The molecule has 18 heavy (non-hydrogen) atoms. The van der Waals surface area contributed by atoms with Gasteiger partial charge < -0.3 is 10.2 Å². The molecule has 0 unspecified atom stereocenters. The standard InChI is InChI=1S/C13H15N5/c1-10-7-12(3-6-14-10)18-8-11(9-18)17-13-15-4-2-5-16-13/h2-7,11H,8-9H2,1H3,(H,15,16,17). The first-order valence-electron chi connectivity index (χ1n) is 6.02. The third kappa shape index (κ3) is 2.25. The minimum absolute atomic E-state index is 0.417. The van der Waals surface area contributed by atoms with Crippen LogP contribution in [0.4, 0.5) is 11.6 Å². The average molecular weight is 241 g/mol. The lowest BCUT2D eigenvalue weighted by atomic mass is 10.1. The van der Waals surface area contributed by atoms with E-state index >= 15 is 0 Å². The SMILES string of the molecule is Cc1cc(N2CC(Nc3ncccn3)C2)ccn1. The van der Waals surface area contributed by atoms with E-state index in [2.05, 4.69) is 31.2 Å². The molecular formula is C13H15N5. The molecule has 1 aliphatic heterocycles. The number of hydrogen-bond donors (Lipinski definition) is 1. The Bertz CT molecular complexity index is 522. The molecule has 3 heterocycles. The predicted octanol–water partition coefficient (Wildman–Crippen LogP) is 1.48. The van der Waals surface area contributed by atoms with Crippen molar-refractivity contribution < 1.29 is 0 Å². The third-order valence-electron chi connectivity index (χ3n) is 3.03. The van der Waals surface area contributed by atoms with E-state index in [-0.39, 0.29) is 0 Å². The van der Waals surface area contributed by atoms with Crippen molar-refractivity contribution in [3.63, 3.8) is 0 Å². The van der Waals surface area contributed by atoms with E-state index in [1.807, 2.05) is 25.3 Å². The van der Waals surface area contributed by atoms with E-state index in [0.717, 1.165) is 18.8 Å². The molecule has 5 heteroatoms. The van der Waals surface area contributed by atoms with Gasteiger partial charge in [0.05, 0.1) is 6.04 Å². The van der Waals surface area contributed by atoms with E-state index in [4.69, 9.17) is 0 Å². The van der Waals surface area contributed by atoms with Crippen LogP contribution in [0.25, 0.3) is 0 Å². The molecule has 0 saturated carbocycles. The van der Waals surface area contributed by atoms with Crippen LogP contribution in [-0.2, 0) is 0 Å². The maximum Gasteiger partial charge on any atom is 0.222 e. The van der Waals surface area contributed by atoms with Crippen LogP contribution in [0.1, 0.15) is 5.69 Å². The second-order valence-electron chi connectivity index (χ2n) is 4.47. The van der Waals surface area contributed by atoms with Crippen molar-refractivity contribution in [3.8, 4) is 0 Å². The zero-order chi connectivity index (χ0) is 12.4. The normalized spacial score (nSPS) is 15.3. The number of rotatable bonds is 3. The molecule has 1 fully saturated rings. The number of hydrogen-bond acceptors (Lipinski definition) is 5. The van der Waals surface area contributed by atoms with Gasteiger partial charge in [0.1, 0.15) is 0 Å². The van der Waals surface area contributed by atoms with Gasteiger partial charge in [-0.05, 0) is 25.1 Å². The maximum absolute atomic E-state index is 4.21. The number of nitrogens with zero attached hydrogens (tertiary/aromatic N) is 4. The molecule has 0 bridgehead atoms. The van der Waals surface area contributed by atoms with Gasteiger partial charge in [-0.1, -0.05) is 0 Å². The first-order chi connectivity index (χ1) is 8.81. The van der Waals surface area contributed by atoms with E-state index in [9.17, 15) is 0 Å². The van der Waals surface area contributed by atoms with E-state index in [1.54, 1.807) is 12.4 Å². The number of anilines is 2. The van der Waals surface area contributed by atoms with Gasteiger partial charge in [0.25, 0.3) is 0 Å². The Hall–Kier alpha value is -2.17. The van der Waals surface area contributed by atoms with Crippen LogP contribution in [0.5, 0.6) is 0 Å². The summed E-state index contributed by atoms with van der Waals surface area (Å²) in [7, 11) is 0. The topological polar surface area (TPSA) is 53.9 Å². The summed E-state index contributed by atoms with van der Waals surface area (Å²) in [6.45, 7) is 3.96. The summed E-state index contributed by atoms with van der Waals surface area (Å²) in [6, 6.07) is 6.39. The Morgan fingerprint density at radius 3 is 2.67 bits per heavy atom. The van der Waals surface area contributed by atoms with Gasteiger partial charge in [-0.25, -0.2) is 9.97 Å². The van der Waals surface area contributed by atoms with Crippen LogP contribution in [0.15, 0.2) is 36.8 Å². The highest BCUT2D eigenvalue weighted by Crippen LogP contribution is 2.22. The van der Waals surface area contributed by atoms with Crippen molar-refractivity contribution in [2.24, 2.45) is 0 Å². The number of pyridine rings is 1. The van der Waals surface area contributed by atoms with Crippen LogP contribution in [0, 0.1) is 6.92 Å². The zero-order valence-corrected chi connectivity index (χ0v) is 10.2. The molecule has 0 aromatic carbocycles. The molecule has 1 saturated heterocycles. The summed E-state index contributed by atoms with van der Waals surface area (Å²) >= 11 is 0. The van der Waals surface area contributed by atoms with Crippen molar-refractivity contribution >= 4 is 11.6 Å². The first kappa shape index (κ1) is 11.0. The highest BCUT2D eigenvalue weighted by molar-refractivity contribution is 5.50. The minimum atomic E-state index is 0.417. The Kier molecular flexibility index (Phi) is 2.80. The zero-order valence-electron chi connectivity index (χ0n) is 10.2. The number of aryl methyl sites for hydroxylation is 1. The van der Waals surface area contributed by atoms with Crippen LogP contribution >= 0.6 is 0 Å². The third-order valence-corrected chi connectivity index (χ3v) is 3.03. The predicted molar refractivity (Wildman–Crippen MR) is 70.6 cm³/mol. The highest BCUT2D eigenvalue weighted by Gasteiger charge is 2.27. The van der Waals surface area contributed by atoms with E-state index in [0.29, 0.717) is 12.0 Å². The summed E-state index contributed by atoms with van der Waals surface area (Å²) in [5.74, 6) is 0.702. The quantitative estimate of drug-likeness (QED) is 0.882. The maximum atomic E-state index is 4.21. The molecule has 2 aromatic heterocycles. The average Bonchev–Trinajstić information content (AvgIpc) is 2.34. The fourth-order valence-electron chi connectivity index (χ4n) is 2.06. The van der Waals surface area contributed by atoms with E-state index in [1.165, 1.54) is 5.69 Å². The Morgan fingerprint density at radius 2 is 1.94 bits per heavy atom. The lowest BCUT2D eigenvalue weighted by Gasteiger charge is -2.41. The van der Waals surface area contributed by atoms with Crippen molar-refractivity contribution in [2.75, 3.05) is 23.3 Å². The van der Waals surface area contributed by atoms with Gasteiger partial charge in [-0.2, -0.15) is 0 Å². The molecule has 5 nitrogen and oxygen atoms in total. The molecule has 92 valence electrons. The van der Waals surface area contributed by atoms with Crippen LogP contribution < -0.4 is 10.2 Å². The van der Waals surface area contributed by atoms with Crippen molar-refractivity contribution in [1.29, 1.82) is 0 Å². The van der Waals surface area contributed by atoms with Crippen molar-refractivity contribution in [1.82, 2.24) is 15.0 Å². The molecule has 3 rings (SSSR count). The monoisotopic (exact) mass is 241 g/mol. The van der Waals surface area contributed by atoms with Gasteiger partial charge in [0, 0.05) is 43.1 Å². The molecule has 0 atom stereocenters. The Morgan fingerprint density at radius 1 is 1.17 bits per heavy atom. The molecule has 0 spiro atoms.